The molecule has 0 saturated heterocycles. The van der Waals surface area contributed by atoms with Gasteiger partial charge in [-0.2, -0.15) is 4.98 Å². The number of hydrogen-bond donors (Lipinski definition) is 2. The van der Waals surface area contributed by atoms with Crippen molar-refractivity contribution in [2.45, 2.75) is 13.0 Å². The first-order chi connectivity index (χ1) is 10.0. The smallest absolute Gasteiger partial charge is 0.254 e. The molecule has 0 aliphatic heterocycles. The fourth-order valence-electron chi connectivity index (χ4n) is 1.85. The quantitative estimate of drug-likeness (QED) is 0.828. The van der Waals surface area contributed by atoms with Gasteiger partial charge in [0.1, 0.15) is 11.6 Å². The van der Waals surface area contributed by atoms with Crippen molar-refractivity contribution in [2.24, 2.45) is 5.73 Å². The van der Waals surface area contributed by atoms with E-state index in [1.54, 1.807) is 7.11 Å². The lowest BCUT2D eigenvalue weighted by molar-refractivity contribution is 0.100. The molecule has 110 valence electrons. The highest BCUT2D eigenvalue weighted by Gasteiger charge is 2.15. The SMILES string of the molecule is COc1cccc(C(C)Nc2nc(Cl)ncc2C(N)=O)c1. The zero-order chi connectivity index (χ0) is 15.4. The summed E-state index contributed by atoms with van der Waals surface area (Å²) in [6.45, 7) is 1.93. The molecule has 21 heavy (non-hydrogen) atoms. The number of nitrogens with two attached hydrogens (primary N) is 1. The molecule has 1 aromatic heterocycles. The number of primary amides is 1. The first-order valence-corrected chi connectivity index (χ1v) is 6.62. The lowest BCUT2D eigenvalue weighted by atomic mass is 10.1. The summed E-state index contributed by atoms with van der Waals surface area (Å²) in [7, 11) is 1.60. The second kappa shape index (κ2) is 6.41. The van der Waals surface area contributed by atoms with Crippen LogP contribution in [0.15, 0.2) is 30.5 Å². The van der Waals surface area contributed by atoms with Gasteiger partial charge in [0.05, 0.1) is 18.7 Å². The fraction of sp³-hybridized carbons (Fsp3) is 0.214. The third kappa shape index (κ3) is 3.61. The standard InChI is InChI=1S/C14H15ClN4O2/c1-8(9-4-3-5-10(6-9)21-2)18-13-11(12(16)20)7-17-14(15)19-13/h3-8H,1-2H3,(H2,16,20)(H,17,18,19). The largest absolute Gasteiger partial charge is 0.497 e. The van der Waals surface area contributed by atoms with Crippen LogP contribution in [-0.2, 0) is 0 Å². The Bertz CT molecular complexity index is 663. The number of nitrogens with one attached hydrogen (secondary N) is 1. The van der Waals surface area contributed by atoms with E-state index in [1.165, 1.54) is 6.20 Å². The molecule has 3 N–H and O–H groups in total. The van der Waals surface area contributed by atoms with E-state index in [4.69, 9.17) is 22.1 Å². The number of ether oxygens (including phenoxy) is 1. The fourth-order valence-corrected chi connectivity index (χ4v) is 1.98. The number of methoxy groups -OCH3 is 1. The highest BCUT2D eigenvalue weighted by atomic mass is 35.5. The molecule has 0 aliphatic carbocycles. The molecule has 0 aliphatic rings. The van der Waals surface area contributed by atoms with Gasteiger partial charge in [0.25, 0.3) is 5.91 Å². The summed E-state index contributed by atoms with van der Waals surface area (Å²) in [6.07, 6.45) is 1.30. The number of nitrogens with zero attached hydrogens (tertiary/aromatic N) is 2. The second-order valence-corrected chi connectivity index (χ2v) is 4.75. The minimum absolute atomic E-state index is 0.0420. The number of aromatic nitrogens is 2. The number of halogens is 1. The Kier molecular flexibility index (Phi) is 4.59. The van der Waals surface area contributed by atoms with Crippen molar-refractivity contribution >= 4 is 23.3 Å². The number of carbonyl (C=O) groups is 1. The van der Waals surface area contributed by atoms with E-state index in [-0.39, 0.29) is 16.9 Å². The predicted octanol–water partition coefficient (Wildman–Crippen LogP) is 2.41. The van der Waals surface area contributed by atoms with Gasteiger partial charge >= 0.3 is 0 Å². The first kappa shape index (κ1) is 15.1. The van der Waals surface area contributed by atoms with Crippen molar-refractivity contribution in [3.05, 3.63) is 46.9 Å². The third-order valence-electron chi connectivity index (χ3n) is 2.97. The van der Waals surface area contributed by atoms with E-state index in [0.717, 1.165) is 11.3 Å². The van der Waals surface area contributed by atoms with Crippen molar-refractivity contribution in [3.8, 4) is 5.75 Å². The summed E-state index contributed by atoms with van der Waals surface area (Å²) in [6, 6.07) is 7.45. The second-order valence-electron chi connectivity index (χ2n) is 4.41. The highest BCUT2D eigenvalue weighted by molar-refractivity contribution is 6.28. The van der Waals surface area contributed by atoms with Crippen LogP contribution < -0.4 is 15.8 Å². The number of rotatable bonds is 5. The molecule has 0 bridgehead atoms. The van der Waals surface area contributed by atoms with Gasteiger partial charge in [0.15, 0.2) is 0 Å². The average Bonchev–Trinajstić information content (AvgIpc) is 2.47. The van der Waals surface area contributed by atoms with E-state index < -0.39 is 5.91 Å². The summed E-state index contributed by atoms with van der Waals surface area (Å²) >= 11 is 5.76. The van der Waals surface area contributed by atoms with E-state index >= 15 is 0 Å². The molecular formula is C14H15ClN4O2. The molecular weight excluding hydrogens is 292 g/mol. The molecule has 1 heterocycles. The molecule has 0 radical (unpaired) electrons. The minimum atomic E-state index is -0.619. The lowest BCUT2D eigenvalue weighted by Gasteiger charge is -2.17. The van der Waals surface area contributed by atoms with E-state index in [0.29, 0.717) is 5.82 Å². The summed E-state index contributed by atoms with van der Waals surface area (Å²) in [4.78, 5) is 19.2. The van der Waals surface area contributed by atoms with Crippen molar-refractivity contribution in [1.82, 2.24) is 9.97 Å². The van der Waals surface area contributed by atoms with Crippen molar-refractivity contribution in [2.75, 3.05) is 12.4 Å². The molecule has 2 rings (SSSR count). The van der Waals surface area contributed by atoms with Crippen molar-refractivity contribution in [3.63, 3.8) is 0 Å². The third-order valence-corrected chi connectivity index (χ3v) is 3.15. The Labute approximate surface area is 127 Å². The molecule has 2 aromatic rings. The maximum Gasteiger partial charge on any atom is 0.254 e. The number of anilines is 1. The van der Waals surface area contributed by atoms with Gasteiger partial charge < -0.3 is 15.8 Å². The number of benzene rings is 1. The zero-order valence-corrected chi connectivity index (χ0v) is 12.4. The van der Waals surface area contributed by atoms with E-state index in [9.17, 15) is 4.79 Å². The average molecular weight is 307 g/mol. The molecule has 0 saturated carbocycles. The van der Waals surface area contributed by atoms with Crippen LogP contribution in [0.4, 0.5) is 5.82 Å². The molecule has 6 nitrogen and oxygen atoms in total. The van der Waals surface area contributed by atoms with Gasteiger partial charge in [0.2, 0.25) is 5.28 Å². The van der Waals surface area contributed by atoms with E-state index in [2.05, 4.69) is 15.3 Å². The minimum Gasteiger partial charge on any atom is -0.497 e. The van der Waals surface area contributed by atoms with Gasteiger partial charge in [-0.3, -0.25) is 4.79 Å². The van der Waals surface area contributed by atoms with Gasteiger partial charge in [-0.15, -0.1) is 0 Å². The molecule has 7 heteroatoms. The summed E-state index contributed by atoms with van der Waals surface area (Å²) in [5.74, 6) is 0.432. The monoisotopic (exact) mass is 306 g/mol. The van der Waals surface area contributed by atoms with Crippen molar-refractivity contribution in [1.29, 1.82) is 0 Å². The van der Waals surface area contributed by atoms with Crippen LogP contribution >= 0.6 is 11.6 Å². The van der Waals surface area contributed by atoms with Crippen LogP contribution in [0.3, 0.4) is 0 Å². The number of hydrogen-bond acceptors (Lipinski definition) is 5. The normalized spacial score (nSPS) is 11.8. The van der Waals surface area contributed by atoms with Gasteiger partial charge in [0, 0.05) is 6.20 Å². The van der Waals surface area contributed by atoms with Gasteiger partial charge in [-0.05, 0) is 36.2 Å². The Hall–Kier alpha value is -2.34. The molecule has 0 spiro atoms. The summed E-state index contributed by atoms with van der Waals surface area (Å²) < 4.78 is 5.19. The topological polar surface area (TPSA) is 90.1 Å². The highest BCUT2D eigenvalue weighted by Crippen LogP contribution is 2.24. The van der Waals surface area contributed by atoms with E-state index in [1.807, 2.05) is 31.2 Å². The Morgan fingerprint density at radius 3 is 2.90 bits per heavy atom. The first-order valence-electron chi connectivity index (χ1n) is 6.24. The maximum absolute atomic E-state index is 11.4. The van der Waals surface area contributed by atoms with Gasteiger partial charge in [-0.25, -0.2) is 4.98 Å². The van der Waals surface area contributed by atoms with Crippen LogP contribution in [-0.4, -0.2) is 23.0 Å². The zero-order valence-electron chi connectivity index (χ0n) is 11.6. The van der Waals surface area contributed by atoms with Crippen LogP contribution in [0.2, 0.25) is 5.28 Å². The molecule has 0 fully saturated rings. The number of carbonyl (C=O) groups excluding carboxylic acids is 1. The van der Waals surface area contributed by atoms with Crippen LogP contribution in [0.5, 0.6) is 5.75 Å². The van der Waals surface area contributed by atoms with Crippen LogP contribution in [0.25, 0.3) is 0 Å². The molecule has 1 aromatic carbocycles. The van der Waals surface area contributed by atoms with Crippen molar-refractivity contribution < 1.29 is 9.53 Å². The number of amides is 1. The maximum atomic E-state index is 11.4. The Balaban J connectivity index is 2.28. The summed E-state index contributed by atoms with van der Waals surface area (Å²) in [5.41, 5.74) is 6.46. The summed E-state index contributed by atoms with van der Waals surface area (Å²) in [5, 5.41) is 3.15. The van der Waals surface area contributed by atoms with Crippen LogP contribution in [0, 0.1) is 0 Å². The predicted molar refractivity (Wildman–Crippen MR) is 80.6 cm³/mol. The van der Waals surface area contributed by atoms with Gasteiger partial charge in [-0.1, -0.05) is 12.1 Å². The Morgan fingerprint density at radius 1 is 1.48 bits per heavy atom. The lowest BCUT2D eigenvalue weighted by Crippen LogP contribution is -2.18. The van der Waals surface area contributed by atoms with Crippen LogP contribution in [0.1, 0.15) is 28.9 Å². The molecule has 1 unspecified atom stereocenters. The molecule has 1 amide bonds. The Morgan fingerprint density at radius 2 is 2.24 bits per heavy atom. The molecule has 1 atom stereocenters.